The van der Waals surface area contributed by atoms with Crippen LogP contribution in [0.3, 0.4) is 0 Å². The summed E-state index contributed by atoms with van der Waals surface area (Å²) in [5.41, 5.74) is 2.08. The molecule has 2 aliphatic heterocycles. The molecule has 1 saturated heterocycles. The fraction of sp³-hybridized carbons (Fsp3) is 0.381. The number of carbonyl (C=O) groups is 1. The predicted molar refractivity (Wildman–Crippen MR) is 105 cm³/mol. The molecule has 0 radical (unpaired) electrons. The number of benzene rings is 2. The van der Waals surface area contributed by atoms with Gasteiger partial charge in [-0.25, -0.2) is 12.8 Å². The van der Waals surface area contributed by atoms with E-state index in [1.54, 1.807) is 4.90 Å². The lowest BCUT2D eigenvalue weighted by atomic mass is 10.1. The molecule has 2 aromatic rings. The molecular weight excluding hydrogens is 379 g/mol. The van der Waals surface area contributed by atoms with Crippen LogP contribution in [0.5, 0.6) is 0 Å². The number of hydrogen-bond acceptors (Lipinski definition) is 3. The van der Waals surface area contributed by atoms with Gasteiger partial charge in [-0.1, -0.05) is 24.6 Å². The molecule has 0 aliphatic carbocycles. The highest BCUT2D eigenvalue weighted by Crippen LogP contribution is 2.33. The Bertz CT molecular complexity index is 1020. The molecule has 2 aromatic carbocycles. The summed E-state index contributed by atoms with van der Waals surface area (Å²) in [6, 6.07) is 11.3. The van der Waals surface area contributed by atoms with E-state index in [0.29, 0.717) is 13.1 Å². The SMILES string of the molecule is CC1Cc2ccccc2N1C(=O)c1ccc(F)c(S(=O)(=O)N2CCCCC2)c1. The van der Waals surface area contributed by atoms with Crippen LogP contribution in [0.4, 0.5) is 10.1 Å². The van der Waals surface area contributed by atoms with Crippen molar-refractivity contribution in [3.63, 3.8) is 0 Å². The number of amides is 1. The van der Waals surface area contributed by atoms with Crippen LogP contribution >= 0.6 is 0 Å². The second-order valence-electron chi connectivity index (χ2n) is 7.47. The molecule has 28 heavy (non-hydrogen) atoms. The lowest BCUT2D eigenvalue weighted by molar-refractivity contribution is 0.0981. The molecule has 1 unspecified atom stereocenters. The van der Waals surface area contributed by atoms with Crippen molar-refractivity contribution in [2.24, 2.45) is 0 Å². The van der Waals surface area contributed by atoms with Gasteiger partial charge in [-0.05, 0) is 56.0 Å². The molecule has 148 valence electrons. The van der Waals surface area contributed by atoms with Gasteiger partial charge in [0.15, 0.2) is 0 Å². The number of hydrogen-bond donors (Lipinski definition) is 0. The maximum absolute atomic E-state index is 14.4. The minimum atomic E-state index is -3.96. The van der Waals surface area contributed by atoms with Crippen molar-refractivity contribution in [3.8, 4) is 0 Å². The van der Waals surface area contributed by atoms with E-state index in [9.17, 15) is 17.6 Å². The van der Waals surface area contributed by atoms with E-state index in [0.717, 1.165) is 43.0 Å². The monoisotopic (exact) mass is 402 g/mol. The van der Waals surface area contributed by atoms with Crippen molar-refractivity contribution in [2.45, 2.75) is 43.5 Å². The smallest absolute Gasteiger partial charge is 0.258 e. The largest absolute Gasteiger partial charge is 0.305 e. The first-order chi connectivity index (χ1) is 13.4. The third-order valence-corrected chi connectivity index (χ3v) is 7.45. The Labute approximate surface area is 164 Å². The van der Waals surface area contributed by atoms with Crippen molar-refractivity contribution < 1.29 is 17.6 Å². The summed E-state index contributed by atoms with van der Waals surface area (Å²) >= 11 is 0. The predicted octanol–water partition coefficient (Wildman–Crippen LogP) is 3.59. The Hall–Kier alpha value is -2.25. The number of halogens is 1. The van der Waals surface area contributed by atoms with Crippen LogP contribution in [0.15, 0.2) is 47.4 Å². The lowest BCUT2D eigenvalue weighted by Crippen LogP contribution is -2.37. The molecule has 2 aliphatic rings. The highest BCUT2D eigenvalue weighted by atomic mass is 32.2. The van der Waals surface area contributed by atoms with Gasteiger partial charge in [0, 0.05) is 30.4 Å². The highest BCUT2D eigenvalue weighted by molar-refractivity contribution is 7.89. The van der Waals surface area contributed by atoms with Crippen LogP contribution in [-0.4, -0.2) is 37.8 Å². The van der Waals surface area contributed by atoms with Crippen LogP contribution in [-0.2, 0) is 16.4 Å². The summed E-state index contributed by atoms with van der Waals surface area (Å²) in [6.45, 7) is 2.72. The Morgan fingerprint density at radius 2 is 1.79 bits per heavy atom. The van der Waals surface area contributed by atoms with E-state index in [-0.39, 0.29) is 17.5 Å². The molecule has 2 heterocycles. The quantitative estimate of drug-likeness (QED) is 0.788. The summed E-state index contributed by atoms with van der Waals surface area (Å²) < 4.78 is 41.6. The maximum Gasteiger partial charge on any atom is 0.258 e. The molecule has 7 heteroatoms. The van der Waals surface area contributed by atoms with Gasteiger partial charge in [-0.3, -0.25) is 4.79 Å². The van der Waals surface area contributed by atoms with Gasteiger partial charge in [0.25, 0.3) is 5.91 Å². The van der Waals surface area contributed by atoms with Gasteiger partial charge in [0.1, 0.15) is 10.7 Å². The van der Waals surface area contributed by atoms with E-state index in [1.807, 2.05) is 31.2 Å². The van der Waals surface area contributed by atoms with Gasteiger partial charge in [0.05, 0.1) is 0 Å². The van der Waals surface area contributed by atoms with Gasteiger partial charge < -0.3 is 4.90 Å². The maximum atomic E-state index is 14.4. The molecule has 1 fully saturated rings. The summed E-state index contributed by atoms with van der Waals surface area (Å²) in [5.74, 6) is -1.13. The zero-order chi connectivity index (χ0) is 19.9. The fourth-order valence-corrected chi connectivity index (χ4v) is 5.70. The molecule has 1 amide bonds. The van der Waals surface area contributed by atoms with E-state index >= 15 is 0 Å². The van der Waals surface area contributed by atoms with Gasteiger partial charge in [0.2, 0.25) is 10.0 Å². The molecule has 1 atom stereocenters. The second kappa shape index (κ2) is 7.29. The Balaban J connectivity index is 1.70. The van der Waals surface area contributed by atoms with E-state index in [1.165, 1.54) is 16.4 Å². The van der Waals surface area contributed by atoms with Crippen molar-refractivity contribution in [1.29, 1.82) is 0 Å². The van der Waals surface area contributed by atoms with Crippen LogP contribution in [0.1, 0.15) is 42.1 Å². The molecule has 5 nitrogen and oxygen atoms in total. The third-order valence-electron chi connectivity index (χ3n) is 5.54. The molecule has 0 bridgehead atoms. The molecule has 0 N–H and O–H groups in total. The van der Waals surface area contributed by atoms with Crippen LogP contribution < -0.4 is 4.90 Å². The molecule has 4 rings (SSSR count). The summed E-state index contributed by atoms with van der Waals surface area (Å²) in [4.78, 5) is 14.4. The number of rotatable bonds is 3. The zero-order valence-electron chi connectivity index (χ0n) is 15.8. The van der Waals surface area contributed by atoms with Crippen LogP contribution in [0.25, 0.3) is 0 Å². The highest BCUT2D eigenvalue weighted by Gasteiger charge is 2.33. The Morgan fingerprint density at radius 3 is 2.54 bits per heavy atom. The Morgan fingerprint density at radius 1 is 1.07 bits per heavy atom. The molecule has 0 spiro atoms. The first-order valence-corrected chi connectivity index (χ1v) is 11.0. The average Bonchev–Trinajstić information content (AvgIpc) is 3.04. The number of fused-ring (bicyclic) bond motifs is 1. The third kappa shape index (κ3) is 3.22. The standard InChI is InChI=1S/C21H23FN2O3S/c1-15-13-16-7-3-4-8-19(16)24(15)21(25)17-9-10-18(22)20(14-17)28(26,27)23-11-5-2-6-12-23/h3-4,7-10,14-15H,2,5-6,11-13H2,1H3. The number of carbonyl (C=O) groups excluding carboxylic acids is 1. The summed E-state index contributed by atoms with van der Waals surface area (Å²) in [6.07, 6.45) is 3.24. The zero-order valence-corrected chi connectivity index (χ0v) is 16.6. The van der Waals surface area contributed by atoms with Crippen molar-refractivity contribution in [2.75, 3.05) is 18.0 Å². The van der Waals surface area contributed by atoms with Crippen molar-refractivity contribution >= 4 is 21.6 Å². The van der Waals surface area contributed by atoms with Crippen LogP contribution in [0.2, 0.25) is 0 Å². The van der Waals surface area contributed by atoms with E-state index in [4.69, 9.17) is 0 Å². The summed E-state index contributed by atoms with van der Waals surface area (Å²) in [5, 5.41) is 0. The number of nitrogens with zero attached hydrogens (tertiary/aromatic N) is 2. The van der Waals surface area contributed by atoms with Gasteiger partial charge in [-0.2, -0.15) is 4.31 Å². The van der Waals surface area contributed by atoms with Crippen LogP contribution in [0, 0.1) is 5.82 Å². The topological polar surface area (TPSA) is 57.7 Å². The molecular formula is C21H23FN2O3S. The summed E-state index contributed by atoms with van der Waals surface area (Å²) in [7, 11) is -3.96. The minimum absolute atomic E-state index is 0.0443. The lowest BCUT2D eigenvalue weighted by Gasteiger charge is -2.26. The van der Waals surface area contributed by atoms with Crippen molar-refractivity contribution in [1.82, 2.24) is 4.31 Å². The number of anilines is 1. The second-order valence-corrected chi connectivity index (χ2v) is 9.37. The van der Waals surface area contributed by atoms with E-state index < -0.39 is 20.7 Å². The minimum Gasteiger partial charge on any atom is -0.305 e. The van der Waals surface area contributed by atoms with Gasteiger partial charge in [-0.15, -0.1) is 0 Å². The molecule has 0 saturated carbocycles. The first kappa shape index (κ1) is 19.1. The first-order valence-electron chi connectivity index (χ1n) is 9.61. The van der Waals surface area contributed by atoms with Gasteiger partial charge >= 0.3 is 0 Å². The van der Waals surface area contributed by atoms with Crippen molar-refractivity contribution in [3.05, 3.63) is 59.4 Å². The number of piperidine rings is 1. The Kier molecular flexibility index (Phi) is 4.97. The normalized spacial score (nSPS) is 20.2. The average molecular weight is 402 g/mol. The number of para-hydroxylation sites is 1. The van der Waals surface area contributed by atoms with E-state index in [2.05, 4.69) is 0 Å². The molecule has 0 aromatic heterocycles. The number of sulfonamides is 1. The fourth-order valence-electron chi connectivity index (χ4n) is 4.09.